The van der Waals surface area contributed by atoms with Crippen LogP contribution in [0.25, 0.3) is 11.0 Å². The van der Waals surface area contributed by atoms with Crippen molar-refractivity contribution in [2.45, 2.75) is 31.8 Å². The molecule has 0 bridgehead atoms. The normalized spacial score (nSPS) is 32.6. The van der Waals surface area contributed by atoms with Crippen molar-refractivity contribution in [2.24, 2.45) is 11.3 Å². The van der Waals surface area contributed by atoms with E-state index in [0.29, 0.717) is 11.3 Å². The topological polar surface area (TPSA) is 70.2 Å². The molecule has 0 aromatic carbocycles. The van der Waals surface area contributed by atoms with Crippen molar-refractivity contribution >= 4 is 23.6 Å². The largest absolute Gasteiger partial charge is 0.493 e. The predicted octanol–water partition coefficient (Wildman–Crippen LogP) is 0.885. The van der Waals surface area contributed by atoms with Gasteiger partial charge in [0.05, 0.1) is 5.60 Å². The van der Waals surface area contributed by atoms with Crippen LogP contribution in [-0.4, -0.2) is 35.2 Å². The molecule has 1 aliphatic carbocycles. The molecular weight excluding hydrogens is 277 g/mol. The average molecular weight is 297 g/mol. The van der Waals surface area contributed by atoms with Gasteiger partial charge >= 0.3 is 7.12 Å². The Labute approximate surface area is 129 Å². The van der Waals surface area contributed by atoms with Gasteiger partial charge in [0.25, 0.3) is 0 Å². The third-order valence-corrected chi connectivity index (χ3v) is 6.46. The SMILES string of the molecule is CC1C2(CCNCC2)CC12OB(O)c1cnc3[nH]ccc3c12. The molecule has 2 aromatic rings. The van der Waals surface area contributed by atoms with E-state index in [-0.39, 0.29) is 5.60 Å². The molecule has 0 amide bonds. The standard InChI is InChI=1S/C16H20BN3O2/c1-10-15(3-6-18-7-4-15)9-16(10)13-11-2-5-19-14(11)20-8-12(13)17(21)22-16/h2,5,8,10,18,21H,3-4,6-7,9H2,1H3,(H,19,20). The van der Waals surface area contributed by atoms with Gasteiger partial charge in [0.1, 0.15) is 5.65 Å². The number of pyridine rings is 1. The van der Waals surface area contributed by atoms with Gasteiger partial charge in [0, 0.05) is 23.2 Å². The van der Waals surface area contributed by atoms with E-state index in [4.69, 9.17) is 4.65 Å². The second-order valence-electron chi connectivity index (χ2n) is 7.20. The fourth-order valence-electron chi connectivity index (χ4n) is 5.18. The van der Waals surface area contributed by atoms with Crippen LogP contribution in [0.2, 0.25) is 0 Å². The number of fused-ring (bicyclic) bond motifs is 4. The summed E-state index contributed by atoms with van der Waals surface area (Å²) in [7, 11) is -0.844. The molecule has 2 unspecified atom stereocenters. The zero-order valence-electron chi connectivity index (χ0n) is 12.7. The highest BCUT2D eigenvalue weighted by atomic mass is 16.5. The lowest BCUT2D eigenvalue weighted by molar-refractivity contribution is -0.188. The summed E-state index contributed by atoms with van der Waals surface area (Å²) in [6, 6.07) is 2.06. The Hall–Kier alpha value is -1.37. The van der Waals surface area contributed by atoms with Crippen LogP contribution >= 0.6 is 0 Å². The summed E-state index contributed by atoms with van der Waals surface area (Å²) in [5.41, 5.74) is 2.92. The second-order valence-corrected chi connectivity index (χ2v) is 7.20. The molecule has 4 heterocycles. The molecule has 2 aromatic heterocycles. The Morgan fingerprint density at radius 2 is 2.23 bits per heavy atom. The van der Waals surface area contributed by atoms with Gasteiger partial charge in [-0.1, -0.05) is 6.92 Å². The zero-order chi connectivity index (χ0) is 14.9. The maximum absolute atomic E-state index is 10.4. The Morgan fingerprint density at radius 3 is 3.00 bits per heavy atom. The van der Waals surface area contributed by atoms with E-state index in [9.17, 15) is 5.02 Å². The Bertz CT molecular complexity index is 755. The van der Waals surface area contributed by atoms with E-state index in [1.807, 2.05) is 6.20 Å². The Morgan fingerprint density at radius 1 is 1.41 bits per heavy atom. The fourth-order valence-corrected chi connectivity index (χ4v) is 5.18. The van der Waals surface area contributed by atoms with Crippen molar-refractivity contribution in [3.8, 4) is 0 Å². The first kappa shape index (κ1) is 13.1. The molecule has 5 nitrogen and oxygen atoms in total. The number of nitrogens with one attached hydrogen (secondary N) is 2. The second kappa shape index (κ2) is 4.13. The van der Waals surface area contributed by atoms with Crippen LogP contribution in [0.4, 0.5) is 0 Å². The molecule has 3 aliphatic rings. The monoisotopic (exact) mass is 297 g/mol. The molecule has 5 rings (SSSR count). The van der Waals surface area contributed by atoms with Gasteiger partial charge in [-0.15, -0.1) is 0 Å². The maximum Gasteiger partial charge on any atom is 0.493 e. The number of piperidine rings is 1. The van der Waals surface area contributed by atoms with Crippen LogP contribution in [0.5, 0.6) is 0 Å². The van der Waals surface area contributed by atoms with Crippen LogP contribution in [0.3, 0.4) is 0 Å². The van der Waals surface area contributed by atoms with Gasteiger partial charge in [-0.3, -0.25) is 0 Å². The van der Waals surface area contributed by atoms with Gasteiger partial charge in [-0.2, -0.15) is 0 Å². The van der Waals surface area contributed by atoms with E-state index in [2.05, 4.69) is 28.3 Å². The van der Waals surface area contributed by atoms with Gasteiger partial charge in [-0.05, 0) is 55.3 Å². The number of aromatic nitrogens is 2. The maximum atomic E-state index is 10.4. The van der Waals surface area contributed by atoms with Crippen LogP contribution < -0.4 is 10.8 Å². The minimum Gasteiger partial charge on any atom is -0.423 e. The van der Waals surface area contributed by atoms with Crippen LogP contribution in [-0.2, 0) is 10.3 Å². The molecular formula is C16H20BN3O2. The number of H-pyrrole nitrogens is 1. The molecule has 6 heteroatoms. The van der Waals surface area contributed by atoms with Crippen molar-refractivity contribution in [2.75, 3.05) is 13.1 Å². The summed E-state index contributed by atoms with van der Waals surface area (Å²) in [4.78, 5) is 7.59. The Balaban J connectivity index is 1.66. The molecule has 2 fully saturated rings. The Kier molecular flexibility index (Phi) is 2.46. The number of nitrogens with zero attached hydrogens (tertiary/aromatic N) is 1. The van der Waals surface area contributed by atoms with Crippen LogP contribution in [0.15, 0.2) is 18.5 Å². The third kappa shape index (κ3) is 1.39. The smallest absolute Gasteiger partial charge is 0.423 e. The molecule has 1 saturated carbocycles. The quantitative estimate of drug-likeness (QED) is 0.632. The van der Waals surface area contributed by atoms with Gasteiger partial charge < -0.3 is 20.0 Å². The summed E-state index contributed by atoms with van der Waals surface area (Å²) < 4.78 is 6.15. The highest BCUT2D eigenvalue weighted by Crippen LogP contribution is 2.66. The molecule has 3 N–H and O–H groups in total. The summed E-state index contributed by atoms with van der Waals surface area (Å²) >= 11 is 0. The van der Waals surface area contributed by atoms with Crippen molar-refractivity contribution < 1.29 is 9.68 Å². The number of hydrogen-bond acceptors (Lipinski definition) is 4. The number of hydrogen-bond donors (Lipinski definition) is 3. The lowest BCUT2D eigenvalue weighted by Gasteiger charge is -2.62. The highest BCUT2D eigenvalue weighted by molar-refractivity contribution is 6.62. The number of rotatable bonds is 0. The van der Waals surface area contributed by atoms with E-state index >= 15 is 0 Å². The van der Waals surface area contributed by atoms with Crippen molar-refractivity contribution in [1.29, 1.82) is 0 Å². The molecule has 2 aliphatic heterocycles. The third-order valence-electron chi connectivity index (χ3n) is 6.46. The molecule has 0 radical (unpaired) electrons. The zero-order valence-corrected chi connectivity index (χ0v) is 12.7. The van der Waals surface area contributed by atoms with E-state index in [0.717, 1.165) is 36.0 Å². The van der Waals surface area contributed by atoms with Crippen molar-refractivity contribution in [1.82, 2.24) is 15.3 Å². The first-order chi connectivity index (χ1) is 10.7. The highest BCUT2D eigenvalue weighted by Gasteiger charge is 2.66. The van der Waals surface area contributed by atoms with Gasteiger partial charge in [0.15, 0.2) is 0 Å². The minimum absolute atomic E-state index is 0.338. The molecule has 2 spiro atoms. The lowest BCUT2D eigenvalue weighted by Crippen LogP contribution is -2.61. The van der Waals surface area contributed by atoms with Crippen LogP contribution in [0, 0.1) is 11.3 Å². The van der Waals surface area contributed by atoms with E-state index in [1.165, 1.54) is 18.4 Å². The van der Waals surface area contributed by atoms with E-state index < -0.39 is 7.12 Å². The van der Waals surface area contributed by atoms with E-state index in [1.54, 1.807) is 6.20 Å². The van der Waals surface area contributed by atoms with Gasteiger partial charge in [0.2, 0.25) is 0 Å². The number of aromatic amines is 1. The minimum atomic E-state index is -0.844. The van der Waals surface area contributed by atoms with Crippen molar-refractivity contribution in [3.63, 3.8) is 0 Å². The predicted molar refractivity (Wildman–Crippen MR) is 84.8 cm³/mol. The first-order valence-corrected chi connectivity index (χ1v) is 8.19. The molecule has 2 atom stereocenters. The van der Waals surface area contributed by atoms with Gasteiger partial charge in [-0.25, -0.2) is 4.98 Å². The van der Waals surface area contributed by atoms with Crippen molar-refractivity contribution in [3.05, 3.63) is 24.0 Å². The lowest BCUT2D eigenvalue weighted by atomic mass is 9.47. The summed E-state index contributed by atoms with van der Waals surface area (Å²) in [5.74, 6) is 0.415. The molecule has 22 heavy (non-hydrogen) atoms. The molecule has 114 valence electrons. The van der Waals surface area contributed by atoms with Crippen LogP contribution in [0.1, 0.15) is 31.7 Å². The average Bonchev–Trinajstić information content (AvgIpc) is 3.12. The fraction of sp³-hybridized carbons (Fsp3) is 0.562. The summed E-state index contributed by atoms with van der Waals surface area (Å²) in [5, 5.41) is 15.0. The summed E-state index contributed by atoms with van der Waals surface area (Å²) in [6.07, 6.45) is 7.10. The first-order valence-electron chi connectivity index (χ1n) is 8.19. The molecule has 1 saturated heterocycles. The summed E-state index contributed by atoms with van der Waals surface area (Å²) in [6.45, 7) is 4.48.